The maximum absolute atomic E-state index is 10.6. The third-order valence-corrected chi connectivity index (χ3v) is 2.95. The molecule has 0 aliphatic heterocycles. The molecule has 1 aromatic rings. The van der Waals surface area contributed by atoms with E-state index in [1.807, 2.05) is 18.2 Å². The standard InChI is InChI=1S/C14H21NO3/c1-9(2)10-6-11(8-12(7-10)18-3)13(15)4-5-14(16)17/h6-9,13H,4-5,15H2,1-3H3,(H,16,17). The Kier molecular flexibility index (Phi) is 5.16. The van der Waals surface area contributed by atoms with Gasteiger partial charge in [-0.2, -0.15) is 0 Å². The molecule has 0 aromatic heterocycles. The van der Waals surface area contributed by atoms with Crippen LogP contribution in [0.15, 0.2) is 18.2 Å². The fourth-order valence-electron chi connectivity index (χ4n) is 1.76. The van der Waals surface area contributed by atoms with Crippen molar-refractivity contribution in [3.05, 3.63) is 29.3 Å². The summed E-state index contributed by atoms with van der Waals surface area (Å²) >= 11 is 0. The number of nitrogens with two attached hydrogens (primary N) is 1. The van der Waals surface area contributed by atoms with Gasteiger partial charge >= 0.3 is 5.97 Å². The molecule has 0 saturated carbocycles. The molecule has 1 atom stereocenters. The minimum atomic E-state index is -0.822. The Morgan fingerprint density at radius 2 is 1.94 bits per heavy atom. The first kappa shape index (κ1) is 14.5. The lowest BCUT2D eigenvalue weighted by molar-refractivity contribution is -0.137. The monoisotopic (exact) mass is 251 g/mol. The van der Waals surface area contributed by atoms with E-state index in [4.69, 9.17) is 15.6 Å². The summed E-state index contributed by atoms with van der Waals surface area (Å²) in [4.78, 5) is 10.6. The molecular weight excluding hydrogens is 230 g/mol. The molecule has 0 heterocycles. The highest BCUT2D eigenvalue weighted by molar-refractivity contribution is 5.66. The molecule has 1 unspecified atom stereocenters. The number of carboxylic acids is 1. The van der Waals surface area contributed by atoms with Gasteiger partial charge in [0.15, 0.2) is 0 Å². The number of rotatable bonds is 6. The van der Waals surface area contributed by atoms with Crippen molar-refractivity contribution in [2.45, 2.75) is 38.6 Å². The lowest BCUT2D eigenvalue weighted by atomic mass is 9.95. The maximum Gasteiger partial charge on any atom is 0.303 e. The Bertz CT molecular complexity index is 416. The first-order chi connectivity index (χ1) is 8.43. The van der Waals surface area contributed by atoms with E-state index >= 15 is 0 Å². The summed E-state index contributed by atoms with van der Waals surface area (Å²) in [5.41, 5.74) is 8.10. The van der Waals surface area contributed by atoms with Crippen LogP contribution in [-0.2, 0) is 4.79 Å². The normalized spacial score (nSPS) is 12.5. The van der Waals surface area contributed by atoms with Gasteiger partial charge in [0.2, 0.25) is 0 Å². The first-order valence-corrected chi connectivity index (χ1v) is 6.10. The molecular formula is C14H21NO3. The largest absolute Gasteiger partial charge is 0.497 e. The summed E-state index contributed by atoms with van der Waals surface area (Å²) in [6.45, 7) is 4.20. The predicted octanol–water partition coefficient (Wildman–Crippen LogP) is 2.68. The van der Waals surface area contributed by atoms with Crippen molar-refractivity contribution < 1.29 is 14.6 Å². The second-order valence-corrected chi connectivity index (χ2v) is 4.73. The predicted molar refractivity (Wildman–Crippen MR) is 70.9 cm³/mol. The van der Waals surface area contributed by atoms with Crippen LogP contribution in [-0.4, -0.2) is 18.2 Å². The molecule has 18 heavy (non-hydrogen) atoms. The first-order valence-electron chi connectivity index (χ1n) is 6.10. The van der Waals surface area contributed by atoms with Crippen molar-refractivity contribution in [2.75, 3.05) is 7.11 Å². The Balaban J connectivity index is 2.92. The summed E-state index contributed by atoms with van der Waals surface area (Å²) in [6.07, 6.45) is 0.509. The summed E-state index contributed by atoms with van der Waals surface area (Å²) in [6, 6.07) is 5.62. The maximum atomic E-state index is 10.6. The zero-order chi connectivity index (χ0) is 13.7. The van der Waals surface area contributed by atoms with Gasteiger partial charge in [-0.25, -0.2) is 0 Å². The van der Waals surface area contributed by atoms with Crippen LogP contribution in [0.3, 0.4) is 0 Å². The average Bonchev–Trinajstić information content (AvgIpc) is 2.35. The van der Waals surface area contributed by atoms with E-state index in [0.29, 0.717) is 12.3 Å². The SMILES string of the molecule is COc1cc(C(C)C)cc(C(N)CCC(=O)O)c1. The van der Waals surface area contributed by atoms with Crippen LogP contribution in [0.2, 0.25) is 0 Å². The summed E-state index contributed by atoms with van der Waals surface area (Å²) < 4.78 is 5.25. The van der Waals surface area contributed by atoms with Gasteiger partial charge in [0.25, 0.3) is 0 Å². The van der Waals surface area contributed by atoms with Gasteiger partial charge in [-0.05, 0) is 35.6 Å². The lowest BCUT2D eigenvalue weighted by Gasteiger charge is -2.16. The van der Waals surface area contributed by atoms with E-state index in [-0.39, 0.29) is 12.5 Å². The number of hydrogen-bond acceptors (Lipinski definition) is 3. The molecule has 0 aliphatic rings. The zero-order valence-electron chi connectivity index (χ0n) is 11.1. The zero-order valence-corrected chi connectivity index (χ0v) is 11.1. The molecule has 4 nitrogen and oxygen atoms in total. The van der Waals surface area contributed by atoms with Crippen molar-refractivity contribution in [3.8, 4) is 5.75 Å². The highest BCUT2D eigenvalue weighted by Gasteiger charge is 2.12. The van der Waals surface area contributed by atoms with Crippen LogP contribution >= 0.6 is 0 Å². The molecule has 1 aromatic carbocycles. The second-order valence-electron chi connectivity index (χ2n) is 4.73. The number of methoxy groups -OCH3 is 1. The minimum absolute atomic E-state index is 0.0788. The highest BCUT2D eigenvalue weighted by atomic mass is 16.5. The molecule has 0 aliphatic carbocycles. The third kappa shape index (κ3) is 4.04. The van der Waals surface area contributed by atoms with Crippen LogP contribution in [0.5, 0.6) is 5.75 Å². The molecule has 0 amide bonds. The van der Waals surface area contributed by atoms with Crippen LogP contribution in [0.4, 0.5) is 0 Å². The average molecular weight is 251 g/mol. The van der Waals surface area contributed by atoms with Crippen molar-refractivity contribution in [2.24, 2.45) is 5.73 Å². The highest BCUT2D eigenvalue weighted by Crippen LogP contribution is 2.27. The summed E-state index contributed by atoms with van der Waals surface area (Å²) in [5, 5.41) is 8.67. The molecule has 0 fully saturated rings. The molecule has 0 bridgehead atoms. The van der Waals surface area contributed by atoms with Crippen molar-refractivity contribution in [1.29, 1.82) is 0 Å². The number of benzene rings is 1. The Labute approximate surface area is 108 Å². The van der Waals surface area contributed by atoms with E-state index in [0.717, 1.165) is 16.9 Å². The minimum Gasteiger partial charge on any atom is -0.497 e. The van der Waals surface area contributed by atoms with Gasteiger partial charge in [0.05, 0.1) is 7.11 Å². The van der Waals surface area contributed by atoms with E-state index in [2.05, 4.69) is 13.8 Å². The van der Waals surface area contributed by atoms with Gasteiger partial charge in [-0.1, -0.05) is 19.9 Å². The topological polar surface area (TPSA) is 72.5 Å². The fraction of sp³-hybridized carbons (Fsp3) is 0.500. The molecule has 100 valence electrons. The van der Waals surface area contributed by atoms with Crippen molar-refractivity contribution in [3.63, 3.8) is 0 Å². The summed E-state index contributed by atoms with van der Waals surface area (Å²) in [5.74, 6) is 0.324. The Morgan fingerprint density at radius 1 is 1.33 bits per heavy atom. The van der Waals surface area contributed by atoms with Gasteiger partial charge in [-0.3, -0.25) is 4.79 Å². The van der Waals surface area contributed by atoms with Crippen LogP contribution < -0.4 is 10.5 Å². The Hall–Kier alpha value is -1.55. The number of carboxylic acid groups (broad SMARTS) is 1. The van der Waals surface area contributed by atoms with E-state index in [1.165, 1.54) is 0 Å². The Morgan fingerprint density at radius 3 is 2.44 bits per heavy atom. The number of carbonyl (C=O) groups is 1. The fourth-order valence-corrected chi connectivity index (χ4v) is 1.76. The number of aliphatic carboxylic acids is 1. The second kappa shape index (κ2) is 6.40. The van der Waals surface area contributed by atoms with E-state index in [1.54, 1.807) is 7.11 Å². The smallest absolute Gasteiger partial charge is 0.303 e. The summed E-state index contributed by atoms with van der Waals surface area (Å²) in [7, 11) is 1.62. The van der Waals surface area contributed by atoms with Gasteiger partial charge in [-0.15, -0.1) is 0 Å². The van der Waals surface area contributed by atoms with Gasteiger partial charge < -0.3 is 15.6 Å². The molecule has 4 heteroatoms. The van der Waals surface area contributed by atoms with Gasteiger partial charge in [0, 0.05) is 12.5 Å². The molecule has 0 radical (unpaired) electrons. The van der Waals surface area contributed by atoms with Crippen molar-refractivity contribution in [1.82, 2.24) is 0 Å². The number of hydrogen-bond donors (Lipinski definition) is 2. The third-order valence-electron chi connectivity index (χ3n) is 2.95. The molecule has 1 rings (SSSR count). The van der Waals surface area contributed by atoms with Crippen LogP contribution in [0, 0.1) is 0 Å². The van der Waals surface area contributed by atoms with Crippen LogP contribution in [0.1, 0.15) is 49.8 Å². The molecule has 0 saturated heterocycles. The van der Waals surface area contributed by atoms with Crippen molar-refractivity contribution >= 4 is 5.97 Å². The van der Waals surface area contributed by atoms with E-state index in [9.17, 15) is 4.79 Å². The lowest BCUT2D eigenvalue weighted by Crippen LogP contribution is -2.13. The van der Waals surface area contributed by atoms with Gasteiger partial charge in [0.1, 0.15) is 5.75 Å². The van der Waals surface area contributed by atoms with E-state index < -0.39 is 5.97 Å². The quantitative estimate of drug-likeness (QED) is 0.815. The van der Waals surface area contributed by atoms with Crippen LogP contribution in [0.25, 0.3) is 0 Å². The molecule has 0 spiro atoms. The number of ether oxygens (including phenoxy) is 1. The molecule has 3 N–H and O–H groups in total.